The molecule has 0 aliphatic heterocycles. The van der Waals surface area contributed by atoms with Gasteiger partial charge in [-0.25, -0.2) is 0 Å². The van der Waals surface area contributed by atoms with Gasteiger partial charge in [-0.1, -0.05) is 326 Å². The molecule has 1 atom stereocenters. The highest BCUT2D eigenvalue weighted by Crippen LogP contribution is 2.18. The third kappa shape index (κ3) is 59.9. The van der Waals surface area contributed by atoms with Crippen molar-refractivity contribution in [2.24, 2.45) is 0 Å². The maximum absolute atomic E-state index is 12.8. The number of carbonyl (C=O) groups excluding carboxylic acids is 3. The fraction of sp³-hybridized carbons (Fsp3) is 0.806. The van der Waals surface area contributed by atoms with Crippen molar-refractivity contribution in [1.82, 2.24) is 0 Å². The van der Waals surface area contributed by atoms with E-state index in [0.717, 1.165) is 70.6 Å². The summed E-state index contributed by atoms with van der Waals surface area (Å²) in [6.07, 6.45) is 78.5. The molecule has 0 aromatic carbocycles. The van der Waals surface area contributed by atoms with Gasteiger partial charge in [-0.05, 0) is 44.9 Å². The van der Waals surface area contributed by atoms with E-state index in [1.54, 1.807) is 6.08 Å². The van der Waals surface area contributed by atoms with Crippen molar-refractivity contribution in [2.45, 2.75) is 335 Å². The van der Waals surface area contributed by atoms with Crippen LogP contribution in [0.15, 0.2) is 60.8 Å². The lowest BCUT2D eigenvalue weighted by atomic mass is 10.0. The summed E-state index contributed by atoms with van der Waals surface area (Å²) in [5.74, 6) is -1.02. The van der Waals surface area contributed by atoms with E-state index >= 15 is 0 Å². The summed E-state index contributed by atoms with van der Waals surface area (Å²) in [5.41, 5.74) is 0. The second-order valence-electron chi connectivity index (χ2n) is 21.3. The van der Waals surface area contributed by atoms with Gasteiger partial charge in [0.2, 0.25) is 0 Å². The van der Waals surface area contributed by atoms with Crippen LogP contribution in [0.5, 0.6) is 0 Å². The number of esters is 3. The smallest absolute Gasteiger partial charge is 0.310 e. The van der Waals surface area contributed by atoms with Gasteiger partial charge in [-0.3, -0.25) is 14.4 Å². The van der Waals surface area contributed by atoms with Crippen molar-refractivity contribution in [3.63, 3.8) is 0 Å². The van der Waals surface area contributed by atoms with E-state index < -0.39 is 12.1 Å². The zero-order valence-electron chi connectivity index (χ0n) is 48.7. The molecular formula is C67H120O6. The molecule has 0 aromatic rings. The van der Waals surface area contributed by atoms with Gasteiger partial charge in [0.1, 0.15) is 13.2 Å². The first-order chi connectivity index (χ1) is 36.0. The predicted molar refractivity (Wildman–Crippen MR) is 316 cm³/mol. The number of rotatable bonds is 58. The third-order valence-corrected chi connectivity index (χ3v) is 14.1. The molecule has 0 aliphatic rings. The first-order valence-corrected chi connectivity index (χ1v) is 31.8. The molecule has 6 nitrogen and oxygen atoms in total. The minimum atomic E-state index is -0.825. The average molecular weight is 1020 g/mol. The summed E-state index contributed by atoms with van der Waals surface area (Å²) in [7, 11) is 0. The molecular weight excluding hydrogens is 901 g/mol. The molecule has 0 spiro atoms. The maximum atomic E-state index is 12.8. The molecule has 0 bridgehead atoms. The summed E-state index contributed by atoms with van der Waals surface area (Å²) in [6, 6.07) is 0. The van der Waals surface area contributed by atoms with Gasteiger partial charge in [0.15, 0.2) is 6.10 Å². The number of ether oxygens (including phenoxy) is 3. The minimum absolute atomic E-state index is 0.102. The van der Waals surface area contributed by atoms with Crippen molar-refractivity contribution in [2.75, 3.05) is 13.2 Å². The molecule has 0 heterocycles. The molecule has 0 radical (unpaired) electrons. The minimum Gasteiger partial charge on any atom is -0.462 e. The van der Waals surface area contributed by atoms with E-state index in [1.165, 1.54) is 218 Å². The summed E-state index contributed by atoms with van der Waals surface area (Å²) in [6.45, 7) is 6.48. The maximum Gasteiger partial charge on any atom is 0.310 e. The van der Waals surface area contributed by atoms with Crippen molar-refractivity contribution < 1.29 is 28.6 Å². The molecule has 0 aromatic heterocycles. The van der Waals surface area contributed by atoms with Gasteiger partial charge in [0, 0.05) is 12.8 Å². The molecule has 0 rings (SSSR count). The highest BCUT2D eigenvalue weighted by atomic mass is 16.6. The standard InChI is InChI=1S/C67H120O6/c1-4-7-10-13-16-19-22-25-27-28-29-30-31-32-33-34-35-36-37-38-39-41-42-45-48-51-54-57-60-66(69)72-63-64(62-71-65(68)59-56-53-50-47-44-24-21-18-15-12-9-6-3)73-67(70)61-58-55-52-49-46-43-40-26-23-20-17-14-11-8-5-2/h8,11,17,20,26,40,46,49,55,58,64H,4-7,9-10,12-16,18-19,21-25,27-39,41-45,47-48,50-54,56-57,59-63H2,1-3H3/b11-8-,20-17-,40-26-,49-46-,58-55-. The van der Waals surface area contributed by atoms with Crippen molar-refractivity contribution in [1.29, 1.82) is 0 Å². The Bertz CT molecular complexity index is 1310. The largest absolute Gasteiger partial charge is 0.462 e. The van der Waals surface area contributed by atoms with Gasteiger partial charge in [0.05, 0.1) is 6.42 Å². The van der Waals surface area contributed by atoms with Crippen LogP contribution in [-0.4, -0.2) is 37.2 Å². The number of unbranched alkanes of at least 4 members (excludes halogenated alkanes) is 38. The number of allylic oxidation sites excluding steroid dienone is 9. The van der Waals surface area contributed by atoms with Crippen LogP contribution in [0.25, 0.3) is 0 Å². The molecule has 73 heavy (non-hydrogen) atoms. The summed E-state index contributed by atoms with van der Waals surface area (Å²) in [5, 5.41) is 0. The highest BCUT2D eigenvalue weighted by molar-refractivity contribution is 5.72. The topological polar surface area (TPSA) is 78.9 Å². The third-order valence-electron chi connectivity index (χ3n) is 14.1. The van der Waals surface area contributed by atoms with Crippen molar-refractivity contribution in [3.05, 3.63) is 60.8 Å². The average Bonchev–Trinajstić information content (AvgIpc) is 3.39. The van der Waals surface area contributed by atoms with Crippen molar-refractivity contribution >= 4 is 17.9 Å². The molecule has 0 amide bonds. The van der Waals surface area contributed by atoms with E-state index in [9.17, 15) is 14.4 Å². The summed E-state index contributed by atoms with van der Waals surface area (Å²) < 4.78 is 16.8. The van der Waals surface area contributed by atoms with Crippen molar-refractivity contribution in [3.8, 4) is 0 Å². The molecule has 1 unspecified atom stereocenters. The molecule has 424 valence electrons. The van der Waals surface area contributed by atoms with Crippen LogP contribution in [0.2, 0.25) is 0 Å². The SMILES string of the molecule is CC/C=C\C/C=C\C/C=C\C/C=C\C/C=C\CC(=O)OC(COC(=O)CCCCCCCCCCCCCC)COC(=O)CCCCCCCCCCCCCCCCCCCCCCCCCCCCCC. The zero-order chi connectivity index (χ0) is 52.9. The Morgan fingerprint density at radius 1 is 0.288 bits per heavy atom. The van der Waals surface area contributed by atoms with Gasteiger partial charge >= 0.3 is 17.9 Å². The van der Waals surface area contributed by atoms with Crippen LogP contribution < -0.4 is 0 Å². The van der Waals surface area contributed by atoms with Crippen LogP contribution in [0.4, 0.5) is 0 Å². The second kappa shape index (κ2) is 61.7. The van der Waals surface area contributed by atoms with Crippen LogP contribution in [0, 0.1) is 0 Å². The Hall–Kier alpha value is -2.89. The molecule has 0 N–H and O–H groups in total. The monoisotopic (exact) mass is 1020 g/mol. The fourth-order valence-electron chi connectivity index (χ4n) is 9.35. The lowest BCUT2D eigenvalue weighted by Crippen LogP contribution is -2.30. The van der Waals surface area contributed by atoms with Crippen LogP contribution in [0.1, 0.15) is 329 Å². The predicted octanol–water partition coefficient (Wildman–Crippen LogP) is 21.6. The lowest BCUT2D eigenvalue weighted by Gasteiger charge is -2.18. The normalized spacial score (nSPS) is 12.4. The van der Waals surface area contributed by atoms with E-state index in [1.807, 2.05) is 6.08 Å². The van der Waals surface area contributed by atoms with E-state index in [4.69, 9.17) is 14.2 Å². The first-order valence-electron chi connectivity index (χ1n) is 31.8. The summed E-state index contributed by atoms with van der Waals surface area (Å²) >= 11 is 0. The molecule has 6 heteroatoms. The Labute approximate surface area is 453 Å². The van der Waals surface area contributed by atoms with Gasteiger partial charge < -0.3 is 14.2 Å². The van der Waals surface area contributed by atoms with E-state index in [0.29, 0.717) is 12.8 Å². The molecule has 0 fully saturated rings. The van der Waals surface area contributed by atoms with Crippen LogP contribution >= 0.6 is 0 Å². The lowest BCUT2D eigenvalue weighted by molar-refractivity contribution is -0.166. The molecule has 0 saturated heterocycles. The van der Waals surface area contributed by atoms with Gasteiger partial charge in [-0.15, -0.1) is 0 Å². The first kappa shape index (κ1) is 70.1. The Kier molecular flexibility index (Phi) is 59.2. The Morgan fingerprint density at radius 3 is 0.781 bits per heavy atom. The second-order valence-corrected chi connectivity index (χ2v) is 21.3. The Balaban J connectivity index is 4.22. The molecule has 0 aliphatic carbocycles. The fourth-order valence-corrected chi connectivity index (χ4v) is 9.35. The Morgan fingerprint density at radius 2 is 0.521 bits per heavy atom. The van der Waals surface area contributed by atoms with Crippen LogP contribution in [0.3, 0.4) is 0 Å². The van der Waals surface area contributed by atoms with Gasteiger partial charge in [-0.2, -0.15) is 0 Å². The van der Waals surface area contributed by atoms with Gasteiger partial charge in [0.25, 0.3) is 0 Å². The molecule has 0 saturated carbocycles. The van der Waals surface area contributed by atoms with E-state index in [2.05, 4.69) is 69.4 Å². The number of hydrogen-bond acceptors (Lipinski definition) is 6. The highest BCUT2D eigenvalue weighted by Gasteiger charge is 2.19. The quantitative estimate of drug-likeness (QED) is 0.0261. The van der Waals surface area contributed by atoms with E-state index in [-0.39, 0.29) is 31.6 Å². The zero-order valence-corrected chi connectivity index (χ0v) is 48.7. The number of carbonyl (C=O) groups is 3. The number of hydrogen-bond donors (Lipinski definition) is 0. The summed E-state index contributed by atoms with van der Waals surface area (Å²) in [4.78, 5) is 38.1. The van der Waals surface area contributed by atoms with Crippen LogP contribution in [-0.2, 0) is 28.6 Å².